The Balaban J connectivity index is 1.97. The monoisotopic (exact) mass is 453 g/mol. The molecule has 7 heteroatoms. The second-order valence-electron chi connectivity index (χ2n) is 8.07. The Morgan fingerprint density at radius 1 is 1.03 bits per heavy atom. The number of hydrogen-bond donors (Lipinski definition) is 1. The van der Waals surface area contributed by atoms with Crippen molar-refractivity contribution >= 4 is 0 Å². The first-order valence-corrected chi connectivity index (χ1v) is 11.4. The molecule has 3 aromatic rings. The van der Waals surface area contributed by atoms with Crippen molar-refractivity contribution in [2.24, 2.45) is 7.05 Å². The first-order valence-electron chi connectivity index (χ1n) is 11.4. The Hall–Kier alpha value is -2.87. The fourth-order valence-electron chi connectivity index (χ4n) is 3.81. The van der Waals surface area contributed by atoms with Crippen LogP contribution in [0.3, 0.4) is 0 Å². The van der Waals surface area contributed by atoms with Crippen molar-refractivity contribution < 1.29 is 19.3 Å². The van der Waals surface area contributed by atoms with Crippen LogP contribution in [0, 0.1) is 0 Å². The average Bonchev–Trinajstić information content (AvgIpc) is 3.13. The van der Waals surface area contributed by atoms with E-state index in [1.807, 2.05) is 49.5 Å². The Morgan fingerprint density at radius 2 is 1.73 bits per heavy atom. The highest BCUT2D eigenvalue weighted by atomic mass is 16.5. The number of aryl methyl sites for hydroxylation is 1. The van der Waals surface area contributed by atoms with Gasteiger partial charge in [-0.2, -0.15) is 5.10 Å². The second kappa shape index (κ2) is 12.4. The fraction of sp³-hybridized carbons (Fsp3) is 0.423. The van der Waals surface area contributed by atoms with Gasteiger partial charge in [0.25, 0.3) is 0 Å². The van der Waals surface area contributed by atoms with Gasteiger partial charge in [-0.15, -0.1) is 0 Å². The molecule has 0 aliphatic heterocycles. The van der Waals surface area contributed by atoms with Gasteiger partial charge in [0, 0.05) is 39.4 Å². The van der Waals surface area contributed by atoms with Crippen LogP contribution in [-0.4, -0.2) is 59.8 Å². The molecular formula is C26H35N3O4. The zero-order chi connectivity index (χ0) is 23.6. The van der Waals surface area contributed by atoms with Crippen LogP contribution in [0.25, 0.3) is 11.3 Å². The van der Waals surface area contributed by atoms with Gasteiger partial charge >= 0.3 is 0 Å². The lowest BCUT2D eigenvalue weighted by atomic mass is 10.1. The van der Waals surface area contributed by atoms with Gasteiger partial charge in [-0.25, -0.2) is 4.68 Å². The molecule has 1 unspecified atom stereocenters. The van der Waals surface area contributed by atoms with Crippen LogP contribution in [0.15, 0.2) is 54.6 Å². The largest absolute Gasteiger partial charge is 0.497 e. The van der Waals surface area contributed by atoms with Crippen molar-refractivity contribution in [3.05, 3.63) is 60.2 Å². The minimum absolute atomic E-state index is 0.394. The normalized spacial score (nSPS) is 12.2. The summed E-state index contributed by atoms with van der Waals surface area (Å²) in [4.78, 5) is 2.20. The van der Waals surface area contributed by atoms with E-state index in [9.17, 15) is 5.11 Å². The Kier molecular flexibility index (Phi) is 9.30. The molecule has 0 fully saturated rings. The Bertz CT molecular complexity index is 973. The number of aromatic nitrogens is 2. The van der Waals surface area contributed by atoms with Gasteiger partial charge in [-0.05, 0) is 30.7 Å². The highest BCUT2D eigenvalue weighted by Crippen LogP contribution is 2.34. The molecule has 0 saturated heterocycles. The van der Waals surface area contributed by atoms with Gasteiger partial charge in [0.15, 0.2) is 0 Å². The molecule has 1 aromatic heterocycles. The fourth-order valence-corrected chi connectivity index (χ4v) is 3.81. The molecule has 0 amide bonds. The topological polar surface area (TPSA) is 69.0 Å². The van der Waals surface area contributed by atoms with Crippen LogP contribution in [0.2, 0.25) is 0 Å². The third-order valence-corrected chi connectivity index (χ3v) is 5.49. The minimum atomic E-state index is -0.394. The molecule has 0 spiro atoms. The lowest BCUT2D eigenvalue weighted by Crippen LogP contribution is -2.34. The second-order valence-corrected chi connectivity index (χ2v) is 8.07. The lowest BCUT2D eigenvalue weighted by Gasteiger charge is -2.25. The van der Waals surface area contributed by atoms with Crippen LogP contribution in [-0.2, 0) is 18.3 Å². The third-order valence-electron chi connectivity index (χ3n) is 5.49. The molecule has 1 heterocycles. The van der Waals surface area contributed by atoms with E-state index in [0.717, 1.165) is 35.4 Å². The summed E-state index contributed by atoms with van der Waals surface area (Å²) < 4.78 is 18.7. The molecule has 3 rings (SSSR count). The minimum Gasteiger partial charge on any atom is -0.497 e. The highest BCUT2D eigenvalue weighted by molar-refractivity contribution is 5.65. The maximum absolute atomic E-state index is 10.5. The first-order chi connectivity index (χ1) is 16.0. The van der Waals surface area contributed by atoms with Gasteiger partial charge in [-0.1, -0.05) is 43.7 Å². The molecule has 1 atom stereocenters. The number of rotatable bonds is 13. The highest BCUT2D eigenvalue weighted by Gasteiger charge is 2.23. The number of aliphatic hydroxyl groups is 1. The molecule has 0 saturated carbocycles. The maximum atomic E-state index is 10.5. The summed E-state index contributed by atoms with van der Waals surface area (Å²) in [6.45, 7) is 4.49. The number of aliphatic hydroxyl groups excluding tert-OH is 1. The van der Waals surface area contributed by atoms with Gasteiger partial charge in [-0.3, -0.25) is 4.90 Å². The van der Waals surface area contributed by atoms with E-state index in [0.29, 0.717) is 37.9 Å². The number of methoxy groups -OCH3 is 2. The summed E-state index contributed by atoms with van der Waals surface area (Å²) in [6.07, 6.45) is 1.31. The smallest absolute Gasteiger partial charge is 0.222 e. The van der Waals surface area contributed by atoms with Crippen molar-refractivity contribution in [1.29, 1.82) is 0 Å². The third kappa shape index (κ3) is 6.81. The quantitative estimate of drug-likeness (QED) is 0.411. The zero-order valence-corrected chi connectivity index (χ0v) is 20.0. The van der Waals surface area contributed by atoms with E-state index in [1.54, 1.807) is 18.9 Å². The van der Waals surface area contributed by atoms with Crippen molar-refractivity contribution in [2.75, 3.05) is 33.9 Å². The molecule has 2 aromatic carbocycles. The summed E-state index contributed by atoms with van der Waals surface area (Å²) in [5, 5.41) is 15.3. The number of ether oxygens (including phenoxy) is 3. The molecule has 0 aliphatic rings. The van der Waals surface area contributed by atoms with Gasteiger partial charge in [0.1, 0.15) is 17.2 Å². The van der Waals surface area contributed by atoms with E-state index in [-0.39, 0.29) is 0 Å². The van der Waals surface area contributed by atoms with E-state index < -0.39 is 6.10 Å². The average molecular weight is 454 g/mol. The number of nitrogens with zero attached hydrogens (tertiary/aromatic N) is 3. The van der Waals surface area contributed by atoms with Gasteiger partial charge in [0.05, 0.1) is 25.4 Å². The zero-order valence-electron chi connectivity index (χ0n) is 20.0. The van der Waals surface area contributed by atoms with Crippen molar-refractivity contribution in [3.63, 3.8) is 0 Å². The van der Waals surface area contributed by atoms with Crippen LogP contribution < -0.4 is 9.47 Å². The molecule has 178 valence electrons. The van der Waals surface area contributed by atoms with Crippen molar-refractivity contribution in [2.45, 2.75) is 32.4 Å². The molecule has 0 bridgehead atoms. The SMILES string of the molecule is CCCC(O)CN(CCOC)Cc1c(-c2ccccc2)nn(C)c1Oc1ccc(OC)cc1. The van der Waals surface area contributed by atoms with Crippen LogP contribution in [0.4, 0.5) is 0 Å². The Morgan fingerprint density at radius 3 is 2.36 bits per heavy atom. The van der Waals surface area contributed by atoms with Gasteiger partial charge < -0.3 is 19.3 Å². The van der Waals surface area contributed by atoms with Gasteiger partial charge in [0.2, 0.25) is 5.88 Å². The summed E-state index contributed by atoms with van der Waals surface area (Å²) in [5.41, 5.74) is 2.86. The predicted octanol–water partition coefficient (Wildman–Crippen LogP) is 4.50. The summed E-state index contributed by atoms with van der Waals surface area (Å²) in [5.74, 6) is 2.15. The van der Waals surface area contributed by atoms with E-state index >= 15 is 0 Å². The summed E-state index contributed by atoms with van der Waals surface area (Å²) in [7, 11) is 5.22. The predicted molar refractivity (Wildman–Crippen MR) is 130 cm³/mol. The number of benzene rings is 2. The molecule has 1 N–H and O–H groups in total. The number of hydrogen-bond acceptors (Lipinski definition) is 6. The van der Waals surface area contributed by atoms with Crippen molar-refractivity contribution in [1.82, 2.24) is 14.7 Å². The molecule has 0 aliphatic carbocycles. The Labute approximate surface area is 196 Å². The molecule has 7 nitrogen and oxygen atoms in total. The van der Waals surface area contributed by atoms with E-state index in [1.165, 1.54) is 0 Å². The lowest BCUT2D eigenvalue weighted by molar-refractivity contribution is 0.0797. The maximum Gasteiger partial charge on any atom is 0.222 e. The molecule has 33 heavy (non-hydrogen) atoms. The molecule has 0 radical (unpaired) electrons. The van der Waals surface area contributed by atoms with Crippen molar-refractivity contribution in [3.8, 4) is 28.6 Å². The van der Waals surface area contributed by atoms with E-state index in [2.05, 4.69) is 24.0 Å². The van der Waals surface area contributed by atoms with Crippen LogP contribution in [0.1, 0.15) is 25.3 Å². The summed E-state index contributed by atoms with van der Waals surface area (Å²) >= 11 is 0. The van der Waals surface area contributed by atoms with Crippen LogP contribution >= 0.6 is 0 Å². The first kappa shape index (κ1) is 24.8. The van der Waals surface area contributed by atoms with Crippen LogP contribution in [0.5, 0.6) is 17.4 Å². The van der Waals surface area contributed by atoms with E-state index in [4.69, 9.17) is 19.3 Å². The summed E-state index contributed by atoms with van der Waals surface area (Å²) in [6, 6.07) is 17.6. The molecular weight excluding hydrogens is 418 g/mol. The standard InChI is InChI=1S/C26H35N3O4/c1-5-9-21(30)18-29(16-17-31-3)19-24-25(20-10-7-6-8-11-20)27-28(2)26(24)33-23-14-12-22(32-4)13-15-23/h6-8,10-15,21,30H,5,9,16-19H2,1-4H3.